The molecule has 1 N–H and O–H groups in total. The minimum Gasteiger partial charge on any atom is -0.497 e. The van der Waals surface area contributed by atoms with Gasteiger partial charge in [0.1, 0.15) is 5.75 Å². The van der Waals surface area contributed by atoms with E-state index in [4.69, 9.17) is 9.73 Å². The van der Waals surface area contributed by atoms with Crippen LogP contribution in [0, 0.1) is 0 Å². The Kier molecular flexibility index (Phi) is 5.61. The third-order valence-electron chi connectivity index (χ3n) is 4.99. The minimum absolute atomic E-state index is 0.131. The number of aromatic nitrogens is 2. The van der Waals surface area contributed by atoms with E-state index >= 15 is 0 Å². The number of aliphatic imine (C=N–C) groups is 1. The van der Waals surface area contributed by atoms with Gasteiger partial charge in [-0.25, -0.2) is 4.68 Å². The van der Waals surface area contributed by atoms with Crippen LogP contribution in [-0.2, 0) is 6.54 Å². The SMILES string of the molecule is COc1ccc(-n2[nH]c(-c3ccccc3)c(C(C)=NCc3ccccc3)c2=O)cc1. The van der Waals surface area contributed by atoms with E-state index in [9.17, 15) is 4.79 Å². The fraction of sp³-hybridized carbons (Fsp3) is 0.120. The van der Waals surface area contributed by atoms with Crippen molar-refractivity contribution in [2.75, 3.05) is 7.11 Å². The molecule has 1 heterocycles. The van der Waals surface area contributed by atoms with Crippen LogP contribution in [0.1, 0.15) is 18.1 Å². The molecule has 5 nitrogen and oxygen atoms in total. The molecule has 1 aromatic heterocycles. The van der Waals surface area contributed by atoms with E-state index in [1.807, 2.05) is 91.9 Å². The smallest absolute Gasteiger partial charge is 0.280 e. The maximum Gasteiger partial charge on any atom is 0.280 e. The number of hydrogen-bond acceptors (Lipinski definition) is 3. The predicted molar refractivity (Wildman–Crippen MR) is 121 cm³/mol. The highest BCUT2D eigenvalue weighted by Crippen LogP contribution is 2.22. The maximum absolute atomic E-state index is 13.4. The lowest BCUT2D eigenvalue weighted by Gasteiger charge is -2.04. The normalized spacial score (nSPS) is 11.5. The van der Waals surface area contributed by atoms with Crippen LogP contribution < -0.4 is 10.3 Å². The molecule has 0 spiro atoms. The van der Waals surface area contributed by atoms with Gasteiger partial charge in [0.15, 0.2) is 0 Å². The number of benzene rings is 3. The summed E-state index contributed by atoms with van der Waals surface area (Å²) in [4.78, 5) is 18.1. The van der Waals surface area contributed by atoms with Crippen LogP contribution in [0.25, 0.3) is 16.9 Å². The molecular formula is C25H23N3O2. The fourth-order valence-electron chi connectivity index (χ4n) is 3.37. The van der Waals surface area contributed by atoms with Crippen molar-refractivity contribution in [1.82, 2.24) is 9.78 Å². The van der Waals surface area contributed by atoms with Crippen molar-refractivity contribution in [3.05, 3.63) is 106 Å². The Labute approximate surface area is 175 Å². The zero-order chi connectivity index (χ0) is 20.9. The second kappa shape index (κ2) is 8.66. The van der Waals surface area contributed by atoms with Crippen LogP contribution in [0.2, 0.25) is 0 Å². The lowest BCUT2D eigenvalue weighted by molar-refractivity contribution is 0.414. The summed E-state index contributed by atoms with van der Waals surface area (Å²) in [6.45, 7) is 2.41. The molecule has 0 aliphatic rings. The summed E-state index contributed by atoms with van der Waals surface area (Å²) in [5.41, 5.74) is 4.67. The zero-order valence-corrected chi connectivity index (χ0v) is 17.0. The van der Waals surface area contributed by atoms with Gasteiger partial charge in [-0.3, -0.25) is 14.9 Å². The Hall–Kier alpha value is -3.86. The number of aromatic amines is 1. The molecule has 150 valence electrons. The third-order valence-corrected chi connectivity index (χ3v) is 4.99. The van der Waals surface area contributed by atoms with Gasteiger partial charge in [-0.05, 0) is 36.8 Å². The lowest BCUT2D eigenvalue weighted by atomic mass is 10.1. The number of H-pyrrole nitrogens is 1. The molecule has 5 heteroatoms. The summed E-state index contributed by atoms with van der Waals surface area (Å²) in [7, 11) is 1.62. The summed E-state index contributed by atoms with van der Waals surface area (Å²) < 4.78 is 6.78. The van der Waals surface area contributed by atoms with Crippen molar-refractivity contribution in [2.24, 2.45) is 4.99 Å². The lowest BCUT2D eigenvalue weighted by Crippen LogP contribution is -2.19. The van der Waals surface area contributed by atoms with Crippen LogP contribution in [0.4, 0.5) is 0 Å². The van der Waals surface area contributed by atoms with Gasteiger partial charge in [0.25, 0.3) is 5.56 Å². The first-order valence-electron chi connectivity index (χ1n) is 9.77. The molecule has 0 saturated carbocycles. The predicted octanol–water partition coefficient (Wildman–Crippen LogP) is 4.85. The average Bonchev–Trinajstić information content (AvgIpc) is 3.16. The van der Waals surface area contributed by atoms with Gasteiger partial charge < -0.3 is 4.74 Å². The topological polar surface area (TPSA) is 59.4 Å². The van der Waals surface area contributed by atoms with E-state index < -0.39 is 0 Å². The number of hydrogen-bond donors (Lipinski definition) is 1. The van der Waals surface area contributed by atoms with Crippen LogP contribution in [0.5, 0.6) is 5.75 Å². The average molecular weight is 397 g/mol. The van der Waals surface area contributed by atoms with Crippen LogP contribution in [-0.4, -0.2) is 22.6 Å². The molecule has 4 rings (SSSR count). The molecule has 0 bridgehead atoms. The van der Waals surface area contributed by atoms with Gasteiger partial charge in [-0.15, -0.1) is 0 Å². The van der Waals surface area contributed by atoms with Gasteiger partial charge in [-0.1, -0.05) is 60.7 Å². The molecule has 0 aliphatic heterocycles. The van der Waals surface area contributed by atoms with E-state index in [0.717, 1.165) is 28.3 Å². The molecule has 0 aliphatic carbocycles. The van der Waals surface area contributed by atoms with E-state index in [0.29, 0.717) is 17.8 Å². The van der Waals surface area contributed by atoms with Crippen molar-refractivity contribution in [3.63, 3.8) is 0 Å². The third kappa shape index (κ3) is 3.96. The van der Waals surface area contributed by atoms with Gasteiger partial charge in [-0.2, -0.15) is 0 Å². The largest absolute Gasteiger partial charge is 0.497 e. The Bertz CT molecular complexity index is 1210. The van der Waals surface area contributed by atoms with E-state index in [1.54, 1.807) is 11.8 Å². The summed E-state index contributed by atoms with van der Waals surface area (Å²) in [6, 6.07) is 27.2. The van der Waals surface area contributed by atoms with Crippen molar-refractivity contribution < 1.29 is 4.74 Å². The Morgan fingerprint density at radius 3 is 2.20 bits per heavy atom. The number of nitrogens with one attached hydrogen (secondary N) is 1. The quantitative estimate of drug-likeness (QED) is 0.473. The summed E-state index contributed by atoms with van der Waals surface area (Å²) in [5.74, 6) is 0.738. The maximum atomic E-state index is 13.4. The molecule has 0 atom stereocenters. The van der Waals surface area contributed by atoms with Crippen molar-refractivity contribution in [3.8, 4) is 22.7 Å². The van der Waals surface area contributed by atoms with Crippen molar-refractivity contribution in [2.45, 2.75) is 13.5 Å². The van der Waals surface area contributed by atoms with Crippen molar-refractivity contribution in [1.29, 1.82) is 0 Å². The van der Waals surface area contributed by atoms with Crippen LogP contribution in [0.15, 0.2) is 94.7 Å². The molecule has 0 amide bonds. The van der Waals surface area contributed by atoms with Crippen LogP contribution >= 0.6 is 0 Å². The van der Waals surface area contributed by atoms with Gasteiger partial charge in [0.2, 0.25) is 0 Å². The molecule has 4 aromatic rings. The zero-order valence-electron chi connectivity index (χ0n) is 17.0. The Morgan fingerprint density at radius 2 is 1.57 bits per heavy atom. The molecular weight excluding hydrogens is 374 g/mol. The molecule has 0 unspecified atom stereocenters. The number of rotatable bonds is 6. The molecule has 0 radical (unpaired) electrons. The summed E-state index contributed by atoms with van der Waals surface area (Å²) in [6.07, 6.45) is 0. The van der Waals surface area contributed by atoms with Gasteiger partial charge in [0, 0.05) is 11.3 Å². The summed E-state index contributed by atoms with van der Waals surface area (Å²) >= 11 is 0. The van der Waals surface area contributed by atoms with E-state index in [2.05, 4.69) is 5.10 Å². The fourth-order valence-corrected chi connectivity index (χ4v) is 3.37. The van der Waals surface area contributed by atoms with Crippen molar-refractivity contribution >= 4 is 5.71 Å². The first-order chi connectivity index (χ1) is 14.7. The second-order valence-corrected chi connectivity index (χ2v) is 6.95. The summed E-state index contributed by atoms with van der Waals surface area (Å²) in [5, 5.41) is 3.28. The van der Waals surface area contributed by atoms with Crippen LogP contribution in [0.3, 0.4) is 0 Å². The van der Waals surface area contributed by atoms with Gasteiger partial charge in [0.05, 0.1) is 30.6 Å². The highest BCUT2D eigenvalue weighted by atomic mass is 16.5. The Balaban J connectivity index is 1.81. The number of ether oxygens (including phenoxy) is 1. The monoisotopic (exact) mass is 397 g/mol. The van der Waals surface area contributed by atoms with Gasteiger partial charge >= 0.3 is 0 Å². The standard InChI is InChI=1S/C25H23N3O2/c1-18(26-17-19-9-5-3-6-10-19)23-24(20-11-7-4-8-12-20)27-28(25(23)29)21-13-15-22(30-2)16-14-21/h3-16,27H,17H2,1-2H3. The molecule has 0 fully saturated rings. The molecule has 3 aromatic carbocycles. The molecule has 30 heavy (non-hydrogen) atoms. The van der Waals surface area contributed by atoms with E-state index in [-0.39, 0.29) is 5.56 Å². The first-order valence-corrected chi connectivity index (χ1v) is 9.77. The highest BCUT2D eigenvalue weighted by molar-refractivity contribution is 6.03. The molecule has 0 saturated heterocycles. The number of nitrogens with zero attached hydrogens (tertiary/aromatic N) is 2. The number of methoxy groups -OCH3 is 1. The highest BCUT2D eigenvalue weighted by Gasteiger charge is 2.19. The minimum atomic E-state index is -0.131. The van der Waals surface area contributed by atoms with E-state index in [1.165, 1.54) is 0 Å². The first kappa shape index (κ1) is 19.5. The Morgan fingerprint density at radius 1 is 0.933 bits per heavy atom. The second-order valence-electron chi connectivity index (χ2n) is 6.95.